The van der Waals surface area contributed by atoms with Crippen molar-refractivity contribution in [3.8, 4) is 0 Å². The van der Waals surface area contributed by atoms with Crippen LogP contribution in [0.1, 0.15) is 30.9 Å². The van der Waals surface area contributed by atoms with Crippen LogP contribution >= 0.6 is 0 Å². The van der Waals surface area contributed by atoms with Crippen LogP contribution in [0.5, 0.6) is 0 Å². The lowest BCUT2D eigenvalue weighted by atomic mass is 10.0. The number of halogens is 3. The molecule has 0 aromatic heterocycles. The number of benzene rings is 1. The Kier molecular flexibility index (Phi) is 3.66. The summed E-state index contributed by atoms with van der Waals surface area (Å²) in [6, 6.07) is 4.75. The zero-order valence-electron chi connectivity index (χ0n) is 12.4. The molecule has 0 radical (unpaired) electrons. The van der Waals surface area contributed by atoms with Gasteiger partial charge in [-0.15, -0.1) is 0 Å². The zero-order valence-corrected chi connectivity index (χ0v) is 12.4. The van der Waals surface area contributed by atoms with Gasteiger partial charge in [-0.25, -0.2) is 0 Å². The Hall–Kier alpha value is -2.31. The van der Waals surface area contributed by atoms with Crippen LogP contribution in [0.25, 0.3) is 5.57 Å². The van der Waals surface area contributed by atoms with Gasteiger partial charge < -0.3 is 10.2 Å². The van der Waals surface area contributed by atoms with E-state index in [-0.39, 0.29) is 35.5 Å². The maximum absolute atomic E-state index is 12.9. The van der Waals surface area contributed by atoms with Crippen molar-refractivity contribution in [2.45, 2.75) is 32.0 Å². The largest absolute Gasteiger partial charge is 0.416 e. The fraction of sp³-hybridized carbons (Fsp3) is 0.375. The minimum Gasteiger partial charge on any atom is -0.330 e. The van der Waals surface area contributed by atoms with E-state index in [1.54, 1.807) is 4.90 Å². The lowest BCUT2D eigenvalue weighted by Gasteiger charge is -2.15. The molecule has 1 aromatic carbocycles. The molecular formula is C16H15F3N2O2. The summed E-state index contributed by atoms with van der Waals surface area (Å²) >= 11 is 0. The van der Waals surface area contributed by atoms with E-state index in [0.717, 1.165) is 25.0 Å². The van der Waals surface area contributed by atoms with Crippen LogP contribution in [-0.4, -0.2) is 29.3 Å². The third-order valence-corrected chi connectivity index (χ3v) is 3.90. The first-order valence-corrected chi connectivity index (χ1v) is 7.26. The van der Waals surface area contributed by atoms with Crippen molar-refractivity contribution >= 4 is 17.4 Å². The molecule has 1 aliphatic carbocycles. The van der Waals surface area contributed by atoms with E-state index in [4.69, 9.17) is 0 Å². The average molecular weight is 324 g/mol. The van der Waals surface area contributed by atoms with Crippen LogP contribution in [0.15, 0.2) is 30.0 Å². The molecule has 0 atom stereocenters. The van der Waals surface area contributed by atoms with Gasteiger partial charge in [0, 0.05) is 13.0 Å². The van der Waals surface area contributed by atoms with E-state index in [2.05, 4.69) is 5.32 Å². The minimum atomic E-state index is -4.48. The number of nitrogens with one attached hydrogen (secondary N) is 1. The molecule has 3 rings (SSSR count). The lowest BCUT2D eigenvalue weighted by molar-refractivity contribution is -0.137. The number of carbonyl (C=O) groups excluding carboxylic acids is 2. The van der Waals surface area contributed by atoms with Gasteiger partial charge in [0.2, 0.25) is 5.91 Å². The SMILES string of the molecule is CC(=O)NC1=C(c2cccc(C(F)(F)F)c2)C(=O)N(C2CC2)C1. The predicted octanol–water partition coefficient (Wildman–Crippen LogP) is 2.56. The van der Waals surface area contributed by atoms with Gasteiger partial charge in [-0.1, -0.05) is 12.1 Å². The number of rotatable bonds is 3. The summed E-state index contributed by atoms with van der Waals surface area (Å²) in [5.74, 6) is -0.675. The third kappa shape index (κ3) is 3.09. The Labute approximate surface area is 131 Å². The van der Waals surface area contributed by atoms with Gasteiger partial charge >= 0.3 is 6.18 Å². The van der Waals surface area contributed by atoms with Gasteiger partial charge in [0.15, 0.2) is 0 Å². The Bertz CT molecular complexity index is 706. The molecule has 2 amide bonds. The van der Waals surface area contributed by atoms with Gasteiger partial charge in [-0.3, -0.25) is 9.59 Å². The maximum atomic E-state index is 12.9. The first-order chi connectivity index (χ1) is 10.8. The van der Waals surface area contributed by atoms with Gasteiger partial charge in [0.05, 0.1) is 23.4 Å². The monoisotopic (exact) mass is 324 g/mol. The number of alkyl halides is 3. The maximum Gasteiger partial charge on any atom is 0.416 e. The highest BCUT2D eigenvalue weighted by atomic mass is 19.4. The summed E-state index contributed by atoms with van der Waals surface area (Å²) in [6.07, 6.45) is -2.72. The summed E-state index contributed by atoms with van der Waals surface area (Å²) < 4.78 is 38.7. The van der Waals surface area contributed by atoms with Crippen LogP contribution in [-0.2, 0) is 15.8 Å². The molecule has 7 heteroatoms. The minimum absolute atomic E-state index is 0.120. The van der Waals surface area contributed by atoms with Crippen molar-refractivity contribution in [1.29, 1.82) is 0 Å². The van der Waals surface area contributed by atoms with E-state index in [1.165, 1.54) is 19.1 Å². The molecule has 122 valence electrons. The summed E-state index contributed by atoms with van der Waals surface area (Å²) in [4.78, 5) is 25.5. The Balaban J connectivity index is 2.02. The Morgan fingerprint density at radius 2 is 2.00 bits per heavy atom. The van der Waals surface area contributed by atoms with E-state index in [9.17, 15) is 22.8 Å². The van der Waals surface area contributed by atoms with Crippen LogP contribution in [0.2, 0.25) is 0 Å². The molecule has 1 aromatic rings. The molecule has 0 saturated heterocycles. The predicted molar refractivity (Wildman–Crippen MR) is 76.9 cm³/mol. The number of hydrogen-bond acceptors (Lipinski definition) is 2. The van der Waals surface area contributed by atoms with Crippen molar-refractivity contribution in [3.05, 3.63) is 41.1 Å². The first kappa shape index (κ1) is 15.6. The van der Waals surface area contributed by atoms with Gasteiger partial charge in [-0.05, 0) is 30.5 Å². The molecule has 0 unspecified atom stereocenters. The van der Waals surface area contributed by atoms with Crippen molar-refractivity contribution in [1.82, 2.24) is 10.2 Å². The van der Waals surface area contributed by atoms with E-state index < -0.39 is 11.7 Å². The summed E-state index contributed by atoms with van der Waals surface area (Å²) in [6.45, 7) is 1.54. The second-order valence-electron chi connectivity index (χ2n) is 5.78. The second kappa shape index (κ2) is 5.40. The standard InChI is InChI=1S/C16H15F3N2O2/c1-9(22)20-13-8-21(12-5-6-12)15(23)14(13)10-3-2-4-11(7-10)16(17,18)19/h2-4,7,12H,5-6,8H2,1H3,(H,20,22). The molecule has 0 bridgehead atoms. The fourth-order valence-corrected chi connectivity index (χ4v) is 2.74. The number of amides is 2. The van der Waals surface area contributed by atoms with Crippen molar-refractivity contribution < 1.29 is 22.8 Å². The highest BCUT2D eigenvalue weighted by molar-refractivity contribution is 6.23. The topological polar surface area (TPSA) is 49.4 Å². The van der Waals surface area contributed by atoms with E-state index in [0.29, 0.717) is 5.70 Å². The van der Waals surface area contributed by atoms with Gasteiger partial charge in [-0.2, -0.15) is 13.2 Å². The molecule has 1 aliphatic heterocycles. The summed E-state index contributed by atoms with van der Waals surface area (Å²) in [7, 11) is 0. The average Bonchev–Trinajstić information content (AvgIpc) is 3.23. The van der Waals surface area contributed by atoms with Crippen molar-refractivity contribution in [2.24, 2.45) is 0 Å². The van der Waals surface area contributed by atoms with Gasteiger partial charge in [0.1, 0.15) is 0 Å². The molecule has 1 N–H and O–H groups in total. The van der Waals surface area contributed by atoms with E-state index >= 15 is 0 Å². The van der Waals surface area contributed by atoms with Gasteiger partial charge in [0.25, 0.3) is 5.91 Å². The van der Waals surface area contributed by atoms with Crippen LogP contribution < -0.4 is 5.32 Å². The van der Waals surface area contributed by atoms with Crippen LogP contribution in [0.4, 0.5) is 13.2 Å². The molecule has 4 nitrogen and oxygen atoms in total. The molecule has 1 heterocycles. The number of hydrogen-bond donors (Lipinski definition) is 1. The zero-order chi connectivity index (χ0) is 16.8. The Morgan fingerprint density at radius 1 is 1.30 bits per heavy atom. The number of nitrogens with zero attached hydrogens (tertiary/aromatic N) is 1. The van der Waals surface area contributed by atoms with E-state index in [1.807, 2.05) is 0 Å². The third-order valence-electron chi connectivity index (χ3n) is 3.90. The van der Waals surface area contributed by atoms with Crippen LogP contribution in [0.3, 0.4) is 0 Å². The summed E-state index contributed by atoms with van der Waals surface area (Å²) in [5.41, 5.74) is -0.119. The normalized spacial score (nSPS) is 18.6. The fourth-order valence-electron chi connectivity index (χ4n) is 2.74. The lowest BCUT2D eigenvalue weighted by Crippen LogP contribution is -2.30. The first-order valence-electron chi connectivity index (χ1n) is 7.26. The molecule has 0 spiro atoms. The molecule has 1 fully saturated rings. The van der Waals surface area contributed by atoms with Crippen molar-refractivity contribution in [2.75, 3.05) is 6.54 Å². The summed E-state index contributed by atoms with van der Waals surface area (Å²) in [5, 5.41) is 2.59. The molecule has 1 saturated carbocycles. The molecular weight excluding hydrogens is 309 g/mol. The highest BCUT2D eigenvalue weighted by Crippen LogP contribution is 2.37. The number of carbonyl (C=O) groups is 2. The smallest absolute Gasteiger partial charge is 0.330 e. The second-order valence-corrected chi connectivity index (χ2v) is 5.78. The quantitative estimate of drug-likeness (QED) is 0.929. The molecule has 2 aliphatic rings. The Morgan fingerprint density at radius 3 is 2.57 bits per heavy atom. The van der Waals surface area contributed by atoms with Crippen LogP contribution in [0, 0.1) is 0 Å². The van der Waals surface area contributed by atoms with Crippen molar-refractivity contribution in [3.63, 3.8) is 0 Å². The highest BCUT2D eigenvalue weighted by Gasteiger charge is 2.41. The molecule has 23 heavy (non-hydrogen) atoms.